The van der Waals surface area contributed by atoms with E-state index in [1.165, 1.54) is 11.9 Å². The Bertz CT molecular complexity index is 564. The predicted octanol–water partition coefficient (Wildman–Crippen LogP) is 2.41. The fourth-order valence-electron chi connectivity index (χ4n) is 2.79. The van der Waals surface area contributed by atoms with E-state index in [0.717, 1.165) is 10.5 Å². The van der Waals surface area contributed by atoms with E-state index >= 15 is 0 Å². The highest BCUT2D eigenvalue weighted by molar-refractivity contribution is 6.18. The number of rotatable bonds is 4. The molecule has 2 rings (SSSR count). The van der Waals surface area contributed by atoms with Gasteiger partial charge in [0.1, 0.15) is 5.41 Å². The second kappa shape index (κ2) is 5.68. The average molecular weight is 288 g/mol. The lowest BCUT2D eigenvalue weighted by molar-refractivity contribution is -0.159. The molecule has 1 aromatic rings. The fraction of sp³-hybridized carbons (Fsp3) is 0.438. The quantitative estimate of drug-likeness (QED) is 0.799. The van der Waals surface area contributed by atoms with Crippen LogP contribution in [0.2, 0.25) is 0 Å². The monoisotopic (exact) mass is 288 g/mol. The molecule has 0 unspecified atom stereocenters. The SMILES string of the molecule is CCC1(CC)C(=O)N(C)C(=O)N(Cc2ccccc2)C1=O. The van der Waals surface area contributed by atoms with E-state index in [1.807, 2.05) is 44.2 Å². The van der Waals surface area contributed by atoms with Gasteiger partial charge in [0.2, 0.25) is 11.8 Å². The highest BCUT2D eigenvalue weighted by Gasteiger charge is 2.53. The summed E-state index contributed by atoms with van der Waals surface area (Å²) in [4.78, 5) is 39.7. The molecule has 0 bridgehead atoms. The third-order valence-electron chi connectivity index (χ3n) is 4.28. The Kier molecular flexibility index (Phi) is 4.11. The van der Waals surface area contributed by atoms with Crippen molar-refractivity contribution in [2.75, 3.05) is 7.05 Å². The summed E-state index contributed by atoms with van der Waals surface area (Å²) in [6.07, 6.45) is 0.786. The van der Waals surface area contributed by atoms with Gasteiger partial charge in [-0.15, -0.1) is 0 Å². The first-order valence-electron chi connectivity index (χ1n) is 7.16. The van der Waals surface area contributed by atoms with Gasteiger partial charge in [0, 0.05) is 7.05 Å². The first-order chi connectivity index (χ1) is 9.97. The first kappa shape index (κ1) is 15.2. The summed E-state index contributed by atoms with van der Waals surface area (Å²) in [6.45, 7) is 3.81. The smallest absolute Gasteiger partial charge is 0.273 e. The molecular weight excluding hydrogens is 268 g/mol. The Morgan fingerprint density at radius 3 is 2.05 bits per heavy atom. The molecular formula is C16H20N2O3. The van der Waals surface area contributed by atoms with Gasteiger partial charge in [0.05, 0.1) is 6.54 Å². The van der Waals surface area contributed by atoms with Crippen LogP contribution in [0.15, 0.2) is 30.3 Å². The van der Waals surface area contributed by atoms with Crippen LogP contribution in [0, 0.1) is 5.41 Å². The van der Waals surface area contributed by atoms with Crippen LogP contribution in [0.5, 0.6) is 0 Å². The molecule has 1 saturated heterocycles. The Balaban J connectivity index is 2.38. The molecule has 1 fully saturated rings. The molecule has 1 aliphatic heterocycles. The minimum atomic E-state index is -1.11. The molecule has 1 aromatic carbocycles. The maximum atomic E-state index is 12.7. The van der Waals surface area contributed by atoms with Crippen LogP contribution in [-0.4, -0.2) is 34.7 Å². The Morgan fingerprint density at radius 2 is 1.52 bits per heavy atom. The number of barbiturate groups is 1. The lowest BCUT2D eigenvalue weighted by Gasteiger charge is -2.42. The molecule has 5 nitrogen and oxygen atoms in total. The summed E-state index contributed by atoms with van der Waals surface area (Å²) < 4.78 is 0. The van der Waals surface area contributed by atoms with Gasteiger partial charge >= 0.3 is 6.03 Å². The second-order valence-corrected chi connectivity index (χ2v) is 5.31. The largest absolute Gasteiger partial charge is 0.333 e. The van der Waals surface area contributed by atoms with Crippen molar-refractivity contribution in [3.05, 3.63) is 35.9 Å². The zero-order valence-electron chi connectivity index (χ0n) is 12.6. The Hall–Kier alpha value is -2.17. The third-order valence-corrected chi connectivity index (χ3v) is 4.28. The minimum Gasteiger partial charge on any atom is -0.273 e. The van der Waals surface area contributed by atoms with Crippen molar-refractivity contribution in [3.63, 3.8) is 0 Å². The highest BCUT2D eigenvalue weighted by atomic mass is 16.2. The molecule has 0 N–H and O–H groups in total. The highest BCUT2D eigenvalue weighted by Crippen LogP contribution is 2.36. The zero-order valence-corrected chi connectivity index (χ0v) is 12.6. The summed E-state index contributed by atoms with van der Waals surface area (Å²) in [5.41, 5.74) is -0.250. The molecule has 1 aliphatic rings. The fourth-order valence-corrected chi connectivity index (χ4v) is 2.79. The maximum Gasteiger partial charge on any atom is 0.333 e. The van der Waals surface area contributed by atoms with E-state index in [2.05, 4.69) is 0 Å². The van der Waals surface area contributed by atoms with E-state index in [0.29, 0.717) is 12.8 Å². The van der Waals surface area contributed by atoms with E-state index in [4.69, 9.17) is 0 Å². The summed E-state index contributed by atoms with van der Waals surface area (Å²) in [6, 6.07) is 8.76. The standard InChI is InChI=1S/C16H20N2O3/c1-4-16(5-2)13(19)17(3)15(21)18(14(16)20)11-12-9-7-6-8-10-12/h6-10H,4-5,11H2,1-3H3. The topological polar surface area (TPSA) is 57.7 Å². The number of nitrogens with zero attached hydrogens (tertiary/aromatic N) is 2. The van der Waals surface area contributed by atoms with Crippen LogP contribution in [0.3, 0.4) is 0 Å². The summed E-state index contributed by atoms with van der Waals surface area (Å²) in [5, 5.41) is 0. The number of carbonyl (C=O) groups is 3. The zero-order chi connectivity index (χ0) is 15.6. The van der Waals surface area contributed by atoms with Crippen molar-refractivity contribution < 1.29 is 14.4 Å². The summed E-state index contributed by atoms with van der Waals surface area (Å²) in [7, 11) is 1.44. The molecule has 21 heavy (non-hydrogen) atoms. The number of imide groups is 2. The van der Waals surface area contributed by atoms with Gasteiger partial charge in [-0.25, -0.2) is 4.79 Å². The molecule has 112 valence electrons. The van der Waals surface area contributed by atoms with Crippen molar-refractivity contribution in [3.8, 4) is 0 Å². The lowest BCUT2D eigenvalue weighted by Crippen LogP contribution is -2.63. The van der Waals surface area contributed by atoms with Crippen LogP contribution in [0.1, 0.15) is 32.3 Å². The van der Waals surface area contributed by atoms with Crippen LogP contribution in [0.25, 0.3) is 0 Å². The third kappa shape index (κ3) is 2.33. The lowest BCUT2D eigenvalue weighted by atomic mass is 9.78. The number of amides is 4. The molecule has 0 spiro atoms. The molecule has 0 atom stereocenters. The molecule has 4 amide bonds. The van der Waals surface area contributed by atoms with Gasteiger partial charge in [0.25, 0.3) is 0 Å². The number of carbonyl (C=O) groups excluding carboxylic acids is 3. The number of hydrogen-bond donors (Lipinski definition) is 0. The molecule has 0 aromatic heterocycles. The van der Waals surface area contributed by atoms with E-state index in [9.17, 15) is 14.4 Å². The average Bonchev–Trinajstić information content (AvgIpc) is 2.52. The van der Waals surface area contributed by atoms with Crippen molar-refractivity contribution in [2.45, 2.75) is 33.2 Å². The molecule has 1 heterocycles. The van der Waals surface area contributed by atoms with Crippen LogP contribution >= 0.6 is 0 Å². The van der Waals surface area contributed by atoms with Crippen molar-refractivity contribution in [1.29, 1.82) is 0 Å². The summed E-state index contributed by atoms with van der Waals surface area (Å²) >= 11 is 0. The molecule has 0 saturated carbocycles. The van der Waals surface area contributed by atoms with Crippen LogP contribution in [0.4, 0.5) is 4.79 Å². The first-order valence-corrected chi connectivity index (χ1v) is 7.16. The number of urea groups is 1. The number of hydrogen-bond acceptors (Lipinski definition) is 3. The van der Waals surface area contributed by atoms with E-state index in [1.54, 1.807) is 0 Å². The van der Waals surface area contributed by atoms with Gasteiger partial charge < -0.3 is 0 Å². The van der Waals surface area contributed by atoms with Gasteiger partial charge in [0.15, 0.2) is 0 Å². The van der Waals surface area contributed by atoms with Gasteiger partial charge in [-0.2, -0.15) is 0 Å². The van der Waals surface area contributed by atoms with Crippen molar-refractivity contribution >= 4 is 17.8 Å². The van der Waals surface area contributed by atoms with Crippen molar-refractivity contribution in [2.24, 2.45) is 5.41 Å². The van der Waals surface area contributed by atoms with Gasteiger partial charge in [-0.3, -0.25) is 19.4 Å². The minimum absolute atomic E-state index is 0.192. The molecule has 0 radical (unpaired) electrons. The van der Waals surface area contributed by atoms with Gasteiger partial charge in [-0.05, 0) is 18.4 Å². The van der Waals surface area contributed by atoms with E-state index in [-0.39, 0.29) is 12.5 Å². The Labute approximate surface area is 124 Å². The normalized spacial score (nSPS) is 18.3. The van der Waals surface area contributed by atoms with Gasteiger partial charge in [-0.1, -0.05) is 44.2 Å². The Morgan fingerprint density at radius 1 is 0.952 bits per heavy atom. The second-order valence-electron chi connectivity index (χ2n) is 5.31. The summed E-state index contributed by atoms with van der Waals surface area (Å²) in [5.74, 6) is -0.781. The number of benzene rings is 1. The van der Waals surface area contributed by atoms with Crippen LogP contribution in [-0.2, 0) is 16.1 Å². The van der Waals surface area contributed by atoms with Crippen LogP contribution < -0.4 is 0 Å². The van der Waals surface area contributed by atoms with E-state index < -0.39 is 17.4 Å². The maximum absolute atomic E-state index is 12.7. The van der Waals surface area contributed by atoms with Crippen molar-refractivity contribution in [1.82, 2.24) is 9.80 Å². The molecule has 0 aliphatic carbocycles. The molecule has 5 heteroatoms. The predicted molar refractivity (Wildman–Crippen MR) is 78.2 cm³/mol.